The van der Waals surface area contributed by atoms with E-state index in [1.165, 1.54) is 6.07 Å². The van der Waals surface area contributed by atoms with Gasteiger partial charge in [-0.15, -0.1) is 0 Å². The zero-order valence-electron chi connectivity index (χ0n) is 19.9. The van der Waals surface area contributed by atoms with Crippen molar-refractivity contribution in [2.75, 3.05) is 19.7 Å². The number of likely N-dealkylation sites (tertiary alicyclic amines) is 1. The largest absolute Gasteiger partial charge is 0.482 e. The third-order valence-corrected chi connectivity index (χ3v) is 8.33. The number of amides is 3. The summed E-state index contributed by atoms with van der Waals surface area (Å²) < 4.78 is 5.64. The number of halogens is 2. The minimum Gasteiger partial charge on any atom is -0.482 e. The molecule has 3 amide bonds. The first-order valence-electron chi connectivity index (χ1n) is 12.0. The quantitative estimate of drug-likeness (QED) is 0.573. The molecule has 35 heavy (non-hydrogen) atoms. The number of nitrogens with one attached hydrogen (secondary N) is 2. The van der Waals surface area contributed by atoms with E-state index in [0.29, 0.717) is 53.6 Å². The molecule has 188 valence electrons. The molecule has 3 aliphatic rings. The van der Waals surface area contributed by atoms with Gasteiger partial charge in [-0.25, -0.2) is 0 Å². The first-order valence-corrected chi connectivity index (χ1v) is 12.7. The molecule has 8 nitrogen and oxygen atoms in total. The van der Waals surface area contributed by atoms with Gasteiger partial charge >= 0.3 is 0 Å². The van der Waals surface area contributed by atoms with Gasteiger partial charge in [-0.1, -0.05) is 37.0 Å². The number of hydrogen-bond acceptors (Lipinski definition) is 5. The van der Waals surface area contributed by atoms with Crippen LogP contribution in [0.5, 0.6) is 5.75 Å². The molecule has 10 heteroatoms. The van der Waals surface area contributed by atoms with Gasteiger partial charge in [0.25, 0.3) is 5.91 Å². The zero-order valence-corrected chi connectivity index (χ0v) is 21.4. The fourth-order valence-electron chi connectivity index (χ4n) is 5.49. The van der Waals surface area contributed by atoms with Crippen LogP contribution in [0.25, 0.3) is 0 Å². The average molecular weight is 521 g/mol. The van der Waals surface area contributed by atoms with Crippen LogP contribution < -0.4 is 15.4 Å². The number of nitrogens with zero attached hydrogens (tertiary/aromatic N) is 2. The van der Waals surface area contributed by atoms with Crippen LogP contribution in [-0.2, 0) is 14.4 Å². The van der Waals surface area contributed by atoms with E-state index in [-0.39, 0.29) is 42.1 Å². The Bertz CT molecular complexity index is 1060. The summed E-state index contributed by atoms with van der Waals surface area (Å²) in [5, 5.41) is 16.0. The van der Waals surface area contributed by atoms with Crippen molar-refractivity contribution in [3.8, 4) is 11.8 Å². The molecule has 1 aliphatic carbocycles. The van der Waals surface area contributed by atoms with E-state index in [4.69, 9.17) is 27.9 Å². The molecule has 2 aliphatic heterocycles. The van der Waals surface area contributed by atoms with E-state index in [0.717, 1.165) is 6.42 Å². The first kappa shape index (κ1) is 25.6. The smallest absolute Gasteiger partial charge is 0.261 e. The predicted molar refractivity (Wildman–Crippen MR) is 131 cm³/mol. The molecule has 0 spiro atoms. The summed E-state index contributed by atoms with van der Waals surface area (Å²) in [4.78, 5) is 40.2. The van der Waals surface area contributed by atoms with Gasteiger partial charge in [0.2, 0.25) is 11.8 Å². The number of nitriles is 1. The van der Waals surface area contributed by atoms with E-state index in [1.807, 2.05) is 0 Å². The van der Waals surface area contributed by atoms with E-state index >= 15 is 0 Å². The Balaban J connectivity index is 1.43. The van der Waals surface area contributed by atoms with Gasteiger partial charge in [0.05, 0.1) is 11.1 Å². The van der Waals surface area contributed by atoms with E-state index in [9.17, 15) is 19.6 Å². The van der Waals surface area contributed by atoms with Crippen molar-refractivity contribution in [3.63, 3.8) is 0 Å². The molecule has 0 bridgehead atoms. The molecule has 1 aromatic carbocycles. The number of rotatable bonds is 7. The Labute approximate surface area is 215 Å². The van der Waals surface area contributed by atoms with Gasteiger partial charge < -0.3 is 20.3 Å². The monoisotopic (exact) mass is 520 g/mol. The molecule has 5 atom stereocenters. The Kier molecular flexibility index (Phi) is 7.48. The molecular formula is C25H30Cl2N4O4. The fraction of sp³-hybridized carbons (Fsp3) is 0.600. The lowest BCUT2D eigenvalue weighted by Gasteiger charge is -2.35. The van der Waals surface area contributed by atoms with Gasteiger partial charge in [-0.2, -0.15) is 5.26 Å². The van der Waals surface area contributed by atoms with Crippen LogP contribution >= 0.6 is 23.2 Å². The number of carbonyl (C=O) groups is 3. The zero-order chi connectivity index (χ0) is 25.3. The van der Waals surface area contributed by atoms with E-state index in [1.54, 1.807) is 17.0 Å². The second kappa shape index (κ2) is 10.2. The van der Waals surface area contributed by atoms with Crippen LogP contribution in [0.15, 0.2) is 18.2 Å². The Morgan fingerprint density at radius 1 is 1.34 bits per heavy atom. The predicted octanol–water partition coefficient (Wildman–Crippen LogP) is 3.17. The van der Waals surface area contributed by atoms with Gasteiger partial charge in [-0.05, 0) is 61.1 Å². The van der Waals surface area contributed by atoms with Crippen molar-refractivity contribution in [3.05, 3.63) is 28.2 Å². The highest BCUT2D eigenvalue weighted by molar-refractivity contribution is 6.35. The summed E-state index contributed by atoms with van der Waals surface area (Å²) in [5.41, 5.74) is 0.0444. The minimum absolute atomic E-state index is 0.0444. The number of ether oxygens (including phenoxy) is 1. The molecule has 3 fully saturated rings. The molecular weight excluding hydrogens is 491 g/mol. The SMILES string of the molecule is CC1(C)C2C[C@@H](C(=O)N[C@H](C#N)C[C@@H]3CCCNC3=O)N(C(=O)COc3ccc(Cl)cc3Cl)C[C@@H]21. The molecule has 1 aromatic rings. The van der Waals surface area contributed by atoms with Crippen LogP contribution in [0.4, 0.5) is 0 Å². The van der Waals surface area contributed by atoms with E-state index in [2.05, 4.69) is 30.6 Å². The van der Waals surface area contributed by atoms with Crippen LogP contribution in [0.1, 0.15) is 39.5 Å². The molecule has 1 unspecified atom stereocenters. The standard InChI is InChI=1S/C25H30Cl2N4O4/c1-25(2)17-10-20(24(34)30-16(11-28)8-14-4-3-7-29-23(14)33)31(12-18(17)25)22(32)13-35-21-6-5-15(26)9-19(21)27/h5-6,9,14,16-18,20H,3-4,7-8,10,12-13H2,1-2H3,(H,29,33)(H,30,34)/t14-,16-,17?,18-,20-/m0/s1. The van der Waals surface area contributed by atoms with Crippen molar-refractivity contribution < 1.29 is 19.1 Å². The first-order chi connectivity index (χ1) is 16.6. The Morgan fingerprint density at radius 3 is 2.80 bits per heavy atom. The number of carbonyl (C=O) groups excluding carboxylic acids is 3. The van der Waals surface area contributed by atoms with Gasteiger partial charge in [-0.3, -0.25) is 14.4 Å². The fourth-order valence-corrected chi connectivity index (χ4v) is 5.95. The van der Waals surface area contributed by atoms with E-state index < -0.39 is 12.1 Å². The average Bonchev–Trinajstić information content (AvgIpc) is 3.37. The molecule has 4 rings (SSSR count). The summed E-state index contributed by atoms with van der Waals surface area (Å²) in [6.45, 7) is 5.12. The van der Waals surface area contributed by atoms with Crippen molar-refractivity contribution >= 4 is 40.9 Å². The molecule has 2 N–H and O–H groups in total. The van der Waals surface area contributed by atoms with Gasteiger partial charge in [0.1, 0.15) is 17.8 Å². The maximum absolute atomic E-state index is 13.3. The third-order valence-electron chi connectivity index (χ3n) is 7.79. The molecule has 1 saturated carbocycles. The summed E-state index contributed by atoms with van der Waals surface area (Å²) in [6.07, 6.45) is 2.32. The second-order valence-electron chi connectivity index (χ2n) is 10.3. The summed E-state index contributed by atoms with van der Waals surface area (Å²) in [6, 6.07) is 5.36. The van der Waals surface area contributed by atoms with Gasteiger partial charge in [0, 0.05) is 24.0 Å². The van der Waals surface area contributed by atoms with Gasteiger partial charge in [0.15, 0.2) is 6.61 Å². The van der Waals surface area contributed by atoms with Crippen LogP contribution in [-0.4, -0.2) is 54.4 Å². The topological polar surface area (TPSA) is 112 Å². The summed E-state index contributed by atoms with van der Waals surface area (Å²) >= 11 is 12.1. The van der Waals surface area contributed by atoms with Crippen molar-refractivity contribution in [1.82, 2.24) is 15.5 Å². The summed E-state index contributed by atoms with van der Waals surface area (Å²) in [7, 11) is 0. The second-order valence-corrected chi connectivity index (χ2v) is 11.1. The molecule has 2 heterocycles. The lowest BCUT2D eigenvalue weighted by Crippen LogP contribution is -2.55. The summed E-state index contributed by atoms with van der Waals surface area (Å²) in [5.74, 6) is -0.0969. The third kappa shape index (κ3) is 5.52. The normalized spacial score (nSPS) is 27.6. The van der Waals surface area contributed by atoms with Crippen molar-refractivity contribution in [1.29, 1.82) is 5.26 Å². The van der Waals surface area contributed by atoms with Crippen molar-refractivity contribution in [2.24, 2.45) is 23.2 Å². The van der Waals surface area contributed by atoms with Crippen LogP contribution in [0.2, 0.25) is 10.0 Å². The number of piperidine rings is 2. The highest BCUT2D eigenvalue weighted by Gasteiger charge is 2.62. The lowest BCUT2D eigenvalue weighted by molar-refractivity contribution is -0.144. The number of benzene rings is 1. The maximum atomic E-state index is 13.3. The Morgan fingerprint density at radius 2 is 2.11 bits per heavy atom. The highest BCUT2D eigenvalue weighted by Crippen LogP contribution is 2.63. The van der Waals surface area contributed by atoms with Crippen LogP contribution in [0.3, 0.4) is 0 Å². The molecule has 0 radical (unpaired) electrons. The Hall–Kier alpha value is -2.50. The van der Waals surface area contributed by atoms with Crippen LogP contribution in [0, 0.1) is 34.5 Å². The molecule has 0 aromatic heterocycles. The minimum atomic E-state index is -0.803. The number of hydrogen-bond donors (Lipinski definition) is 2. The lowest BCUT2D eigenvalue weighted by atomic mass is 9.91. The number of fused-ring (bicyclic) bond motifs is 1. The maximum Gasteiger partial charge on any atom is 0.261 e. The highest BCUT2D eigenvalue weighted by atomic mass is 35.5. The molecule has 2 saturated heterocycles. The van der Waals surface area contributed by atoms with Crippen molar-refractivity contribution in [2.45, 2.75) is 51.6 Å².